The van der Waals surface area contributed by atoms with E-state index in [2.05, 4.69) is 25.6 Å². The van der Waals surface area contributed by atoms with Crippen LogP contribution in [0.4, 0.5) is 16.6 Å². The van der Waals surface area contributed by atoms with Gasteiger partial charge in [0.15, 0.2) is 5.65 Å². The largest absolute Gasteiger partial charge is 0.444 e. The number of pyridine rings is 1. The number of anilines is 2. The van der Waals surface area contributed by atoms with Crippen LogP contribution in [-0.4, -0.2) is 85.0 Å². The number of hydrogen-bond donors (Lipinski definition) is 2. The lowest BCUT2D eigenvalue weighted by Crippen LogP contribution is -2.57. The number of nitrogens with zero attached hydrogens (tertiary/aromatic N) is 6. The molecule has 41 heavy (non-hydrogen) atoms. The summed E-state index contributed by atoms with van der Waals surface area (Å²) in [5.74, 6) is 0.442. The Balaban J connectivity index is 1.15. The highest BCUT2D eigenvalue weighted by Gasteiger charge is 2.45. The Morgan fingerprint density at radius 2 is 1.78 bits per heavy atom. The SMILES string of the molecule is CNC(=O)c1cc2cnc(Nc3ccc(C(=O)N4CC5CCC(C4)N5C(=O)OC(C)(C)C)cn3)nc2n1C1=CC=C1. The Bertz CT molecular complexity index is 1590. The van der Waals surface area contributed by atoms with Gasteiger partial charge in [0, 0.05) is 43.6 Å². The first-order valence-corrected chi connectivity index (χ1v) is 13.6. The molecule has 2 atom stereocenters. The lowest BCUT2D eigenvalue weighted by Gasteiger charge is -2.41. The maximum absolute atomic E-state index is 13.3. The summed E-state index contributed by atoms with van der Waals surface area (Å²) >= 11 is 0. The number of allylic oxidation sites excluding steroid dienone is 4. The zero-order valence-electron chi connectivity index (χ0n) is 23.4. The van der Waals surface area contributed by atoms with Crippen molar-refractivity contribution in [2.75, 3.05) is 25.5 Å². The van der Waals surface area contributed by atoms with Crippen molar-refractivity contribution in [2.45, 2.75) is 51.3 Å². The summed E-state index contributed by atoms with van der Waals surface area (Å²) in [5, 5.41) is 6.48. The molecule has 2 bridgehead atoms. The van der Waals surface area contributed by atoms with Gasteiger partial charge < -0.3 is 20.3 Å². The molecule has 0 spiro atoms. The zero-order chi connectivity index (χ0) is 28.9. The molecule has 2 fully saturated rings. The fourth-order valence-corrected chi connectivity index (χ4v) is 5.51. The Hall–Kier alpha value is -4.74. The van der Waals surface area contributed by atoms with E-state index in [-0.39, 0.29) is 30.0 Å². The molecule has 2 unspecified atom stereocenters. The summed E-state index contributed by atoms with van der Waals surface area (Å²) < 4.78 is 7.38. The minimum atomic E-state index is -0.563. The smallest absolute Gasteiger partial charge is 0.410 e. The van der Waals surface area contributed by atoms with Crippen LogP contribution in [0.25, 0.3) is 16.7 Å². The predicted molar refractivity (Wildman–Crippen MR) is 153 cm³/mol. The molecule has 6 rings (SSSR count). The first-order valence-electron chi connectivity index (χ1n) is 13.6. The van der Waals surface area contributed by atoms with Gasteiger partial charge in [-0.25, -0.2) is 14.8 Å². The van der Waals surface area contributed by atoms with Crippen molar-refractivity contribution in [3.8, 4) is 0 Å². The molecule has 3 aromatic rings. The van der Waals surface area contributed by atoms with Crippen molar-refractivity contribution in [1.29, 1.82) is 0 Å². The third kappa shape index (κ3) is 5.01. The summed E-state index contributed by atoms with van der Waals surface area (Å²) in [5.41, 5.74) is 1.80. The maximum atomic E-state index is 13.3. The normalized spacial score (nSPS) is 19.6. The summed E-state index contributed by atoms with van der Waals surface area (Å²) in [4.78, 5) is 55.6. The molecule has 3 amide bonds. The van der Waals surface area contributed by atoms with E-state index in [1.165, 1.54) is 6.20 Å². The fraction of sp³-hybridized carbons (Fsp3) is 0.379. The highest BCUT2D eigenvalue weighted by atomic mass is 16.6. The molecule has 1 aliphatic carbocycles. The van der Waals surface area contributed by atoms with E-state index in [1.54, 1.807) is 40.9 Å². The highest BCUT2D eigenvalue weighted by molar-refractivity contribution is 6.01. The molecule has 0 aromatic carbocycles. The number of piperazine rings is 1. The predicted octanol–water partition coefficient (Wildman–Crippen LogP) is 3.56. The average molecular weight is 557 g/mol. The number of carbonyl (C=O) groups excluding carboxylic acids is 3. The van der Waals surface area contributed by atoms with Gasteiger partial charge in [-0.05, 0) is 64.0 Å². The highest BCUT2D eigenvalue weighted by Crippen LogP contribution is 2.32. The second-order valence-electron chi connectivity index (χ2n) is 11.4. The van der Waals surface area contributed by atoms with Crippen molar-refractivity contribution in [1.82, 2.24) is 34.6 Å². The fourth-order valence-electron chi connectivity index (χ4n) is 5.51. The second kappa shape index (κ2) is 10.0. The summed E-state index contributed by atoms with van der Waals surface area (Å²) in [6.07, 6.45) is 10.3. The number of likely N-dealkylation sites (tertiary alicyclic amines) is 1. The van der Waals surface area contributed by atoms with E-state index in [0.717, 1.165) is 23.9 Å². The summed E-state index contributed by atoms with van der Waals surface area (Å²) in [6, 6.07) is 5.07. The van der Waals surface area contributed by atoms with Crippen LogP contribution in [0.5, 0.6) is 0 Å². The van der Waals surface area contributed by atoms with Crippen molar-refractivity contribution in [2.24, 2.45) is 0 Å². The number of nitrogens with one attached hydrogen (secondary N) is 2. The Kier molecular flexibility index (Phi) is 6.47. The van der Waals surface area contributed by atoms with Crippen LogP contribution in [0.15, 0.2) is 48.8 Å². The van der Waals surface area contributed by atoms with E-state index >= 15 is 0 Å². The van der Waals surface area contributed by atoms with Crippen molar-refractivity contribution in [3.63, 3.8) is 0 Å². The first-order chi connectivity index (χ1) is 19.6. The van der Waals surface area contributed by atoms with Gasteiger partial charge in [-0.3, -0.25) is 19.1 Å². The number of carbonyl (C=O) groups is 3. The van der Waals surface area contributed by atoms with Gasteiger partial charge in [-0.2, -0.15) is 4.98 Å². The molecule has 3 aliphatic rings. The molecule has 2 aliphatic heterocycles. The minimum absolute atomic E-state index is 0.0532. The summed E-state index contributed by atoms with van der Waals surface area (Å²) in [6.45, 7) is 6.49. The van der Waals surface area contributed by atoms with Gasteiger partial charge in [0.2, 0.25) is 5.95 Å². The van der Waals surface area contributed by atoms with Crippen molar-refractivity contribution >= 4 is 46.4 Å². The van der Waals surface area contributed by atoms with E-state index in [1.807, 2.05) is 43.9 Å². The number of hydrogen-bond acceptors (Lipinski definition) is 8. The number of ether oxygens (including phenoxy) is 1. The number of fused-ring (bicyclic) bond motifs is 3. The molecule has 12 heteroatoms. The van der Waals surface area contributed by atoms with Gasteiger partial charge >= 0.3 is 6.09 Å². The maximum Gasteiger partial charge on any atom is 0.410 e. The van der Waals surface area contributed by atoms with Gasteiger partial charge in [0.25, 0.3) is 11.8 Å². The molecule has 212 valence electrons. The molecule has 2 N–H and O–H groups in total. The monoisotopic (exact) mass is 556 g/mol. The number of rotatable bonds is 5. The van der Waals surface area contributed by atoms with E-state index in [0.29, 0.717) is 41.8 Å². The lowest BCUT2D eigenvalue weighted by molar-refractivity contribution is -0.00336. The van der Waals surface area contributed by atoms with Crippen LogP contribution in [0.1, 0.15) is 54.5 Å². The van der Waals surface area contributed by atoms with Crippen LogP contribution >= 0.6 is 0 Å². The van der Waals surface area contributed by atoms with E-state index in [9.17, 15) is 14.4 Å². The number of amides is 3. The quantitative estimate of drug-likeness (QED) is 0.487. The molecule has 12 nitrogen and oxygen atoms in total. The van der Waals surface area contributed by atoms with Gasteiger partial charge in [0.1, 0.15) is 17.1 Å². The molecule has 3 aromatic heterocycles. The van der Waals surface area contributed by atoms with Crippen molar-refractivity contribution in [3.05, 3.63) is 60.1 Å². The topological polar surface area (TPSA) is 135 Å². The van der Waals surface area contributed by atoms with Crippen LogP contribution in [0.2, 0.25) is 0 Å². The Morgan fingerprint density at radius 1 is 1.05 bits per heavy atom. The molecule has 2 saturated heterocycles. The zero-order valence-corrected chi connectivity index (χ0v) is 23.4. The van der Waals surface area contributed by atoms with E-state index < -0.39 is 5.60 Å². The first kappa shape index (κ1) is 26.5. The van der Waals surface area contributed by atoms with Crippen LogP contribution < -0.4 is 10.6 Å². The average Bonchev–Trinajstić information content (AvgIpc) is 3.40. The van der Waals surface area contributed by atoms with Crippen LogP contribution in [0, 0.1) is 0 Å². The third-order valence-electron chi connectivity index (χ3n) is 7.42. The number of aromatic nitrogens is 4. The molecule has 0 saturated carbocycles. The standard InChI is InChI=1S/C29H32N8O4/c1-29(2,3)41-28(40)36-20-9-10-21(36)16-35(15-20)26(39)17-8-11-23(31-13-17)33-27-32-14-18-12-22(25(38)30-4)37(24(18)34-27)19-6-5-7-19/h5-8,11-14,20-21H,9-10,15-16H2,1-4H3,(H,30,38)(H,31,32,33,34). The van der Waals surface area contributed by atoms with Gasteiger partial charge in [-0.15, -0.1) is 0 Å². The van der Waals surface area contributed by atoms with E-state index in [4.69, 9.17) is 4.74 Å². The molecular weight excluding hydrogens is 524 g/mol. The van der Waals surface area contributed by atoms with Crippen LogP contribution in [-0.2, 0) is 4.74 Å². The third-order valence-corrected chi connectivity index (χ3v) is 7.42. The Morgan fingerprint density at radius 3 is 2.37 bits per heavy atom. The van der Waals surface area contributed by atoms with Crippen molar-refractivity contribution < 1.29 is 19.1 Å². The van der Waals surface area contributed by atoms with Crippen LogP contribution in [0.3, 0.4) is 0 Å². The lowest BCUT2D eigenvalue weighted by atomic mass is 10.1. The minimum Gasteiger partial charge on any atom is -0.444 e. The van der Waals surface area contributed by atoms with Gasteiger partial charge in [0.05, 0.1) is 17.6 Å². The Labute approximate surface area is 237 Å². The summed E-state index contributed by atoms with van der Waals surface area (Å²) in [7, 11) is 1.59. The van der Waals surface area contributed by atoms with Gasteiger partial charge in [-0.1, -0.05) is 6.08 Å². The molecule has 0 radical (unpaired) electrons. The molecule has 5 heterocycles. The second-order valence-corrected chi connectivity index (χ2v) is 11.4. The molecular formula is C29H32N8O4.